The Bertz CT molecular complexity index is 382. The average Bonchev–Trinajstić information content (AvgIpc) is 2.67. The molecule has 4 nitrogen and oxygen atoms in total. The van der Waals surface area contributed by atoms with Gasteiger partial charge in [0.15, 0.2) is 5.13 Å². The number of nitrogens with one attached hydrogen (secondary N) is 1. The van der Waals surface area contributed by atoms with E-state index in [4.69, 9.17) is 4.74 Å². The van der Waals surface area contributed by atoms with E-state index in [1.165, 1.54) is 0 Å². The molecule has 0 fully saturated rings. The van der Waals surface area contributed by atoms with Gasteiger partial charge in [-0.3, -0.25) is 0 Å². The summed E-state index contributed by atoms with van der Waals surface area (Å²) in [6, 6.07) is 0.437. The zero-order chi connectivity index (χ0) is 13.9. The molecule has 0 aliphatic carbocycles. The zero-order valence-corrected chi connectivity index (χ0v) is 13.3. The maximum absolute atomic E-state index is 5.33. The molecule has 0 aromatic carbocycles. The van der Waals surface area contributed by atoms with Crippen molar-refractivity contribution in [3.63, 3.8) is 0 Å². The lowest BCUT2D eigenvalue weighted by molar-refractivity contribution is 0.284. The molecular weight excluding hydrogens is 246 g/mol. The number of aromatic nitrogens is 1. The maximum atomic E-state index is 5.33. The van der Waals surface area contributed by atoms with Gasteiger partial charge in [-0.2, -0.15) is 4.98 Å². The van der Waals surface area contributed by atoms with Crippen molar-refractivity contribution in [2.45, 2.75) is 40.3 Å². The smallest absolute Gasteiger partial charge is 0.230 e. The number of rotatable bonds is 5. The number of methoxy groups -OCH3 is 1. The average molecular weight is 271 g/mol. The SMILES string of the molecule is COc1nc(N(C)C)sc1CNC(C)C(C)(C)C. The zero-order valence-electron chi connectivity index (χ0n) is 12.5. The standard InChI is InChI=1S/C13H25N3OS/c1-9(13(2,3)4)14-8-10-11(17-7)15-12(18-10)16(5)6/h9,14H,8H2,1-7H3. The number of ether oxygens (including phenoxy) is 1. The van der Waals surface area contributed by atoms with E-state index < -0.39 is 0 Å². The van der Waals surface area contributed by atoms with Crippen LogP contribution >= 0.6 is 11.3 Å². The van der Waals surface area contributed by atoms with Crippen LogP contribution in [0.2, 0.25) is 0 Å². The van der Waals surface area contributed by atoms with E-state index in [1.807, 2.05) is 19.0 Å². The summed E-state index contributed by atoms with van der Waals surface area (Å²) < 4.78 is 5.33. The summed E-state index contributed by atoms with van der Waals surface area (Å²) in [7, 11) is 5.66. The van der Waals surface area contributed by atoms with Crippen molar-refractivity contribution < 1.29 is 4.74 Å². The molecule has 0 aliphatic heterocycles. The van der Waals surface area contributed by atoms with Gasteiger partial charge in [0.2, 0.25) is 5.88 Å². The highest BCUT2D eigenvalue weighted by Crippen LogP contribution is 2.30. The predicted molar refractivity (Wildman–Crippen MR) is 78.7 cm³/mol. The number of nitrogens with zero attached hydrogens (tertiary/aromatic N) is 2. The maximum Gasteiger partial charge on any atom is 0.230 e. The first-order valence-corrected chi connectivity index (χ1v) is 7.01. The Labute approximate surface area is 114 Å². The molecule has 0 amide bonds. The lowest BCUT2D eigenvalue weighted by Crippen LogP contribution is -2.37. The van der Waals surface area contributed by atoms with E-state index in [0.29, 0.717) is 6.04 Å². The van der Waals surface area contributed by atoms with Crippen molar-refractivity contribution in [3.8, 4) is 5.88 Å². The van der Waals surface area contributed by atoms with Crippen LogP contribution in [0.25, 0.3) is 0 Å². The van der Waals surface area contributed by atoms with Crippen LogP contribution in [0, 0.1) is 5.41 Å². The first-order valence-electron chi connectivity index (χ1n) is 6.20. The molecule has 0 spiro atoms. The topological polar surface area (TPSA) is 37.4 Å². The molecule has 18 heavy (non-hydrogen) atoms. The highest BCUT2D eigenvalue weighted by atomic mass is 32.1. The number of hydrogen-bond acceptors (Lipinski definition) is 5. The van der Waals surface area contributed by atoms with E-state index in [0.717, 1.165) is 22.4 Å². The first kappa shape index (κ1) is 15.2. The quantitative estimate of drug-likeness (QED) is 0.893. The van der Waals surface area contributed by atoms with Gasteiger partial charge in [-0.05, 0) is 12.3 Å². The molecule has 1 aromatic heterocycles. The van der Waals surface area contributed by atoms with Gasteiger partial charge in [0, 0.05) is 26.7 Å². The third-order valence-corrected chi connectivity index (χ3v) is 4.30. The lowest BCUT2D eigenvalue weighted by atomic mass is 9.88. The molecule has 5 heteroatoms. The van der Waals surface area contributed by atoms with E-state index >= 15 is 0 Å². The van der Waals surface area contributed by atoms with Crippen molar-refractivity contribution in [2.24, 2.45) is 5.41 Å². The Morgan fingerprint density at radius 1 is 1.39 bits per heavy atom. The van der Waals surface area contributed by atoms with Gasteiger partial charge >= 0.3 is 0 Å². The van der Waals surface area contributed by atoms with E-state index in [-0.39, 0.29) is 5.41 Å². The van der Waals surface area contributed by atoms with Gasteiger partial charge in [-0.1, -0.05) is 32.1 Å². The Morgan fingerprint density at radius 2 is 2.00 bits per heavy atom. The van der Waals surface area contributed by atoms with Gasteiger partial charge in [-0.15, -0.1) is 0 Å². The van der Waals surface area contributed by atoms with Gasteiger partial charge in [0.05, 0.1) is 12.0 Å². The van der Waals surface area contributed by atoms with Crippen LogP contribution in [0.4, 0.5) is 5.13 Å². The molecule has 1 unspecified atom stereocenters. The fourth-order valence-corrected chi connectivity index (χ4v) is 2.24. The molecule has 0 bridgehead atoms. The molecule has 0 saturated heterocycles. The monoisotopic (exact) mass is 271 g/mol. The Hall–Kier alpha value is -0.810. The normalized spacial score (nSPS) is 13.5. The van der Waals surface area contributed by atoms with Crippen LogP contribution in [0.5, 0.6) is 5.88 Å². The van der Waals surface area contributed by atoms with Crippen LogP contribution in [0.1, 0.15) is 32.6 Å². The minimum absolute atomic E-state index is 0.252. The molecule has 0 saturated carbocycles. The van der Waals surface area contributed by atoms with E-state index in [2.05, 4.69) is 38.0 Å². The predicted octanol–water partition coefficient (Wildman–Crippen LogP) is 2.74. The summed E-state index contributed by atoms with van der Waals surface area (Å²) in [5.41, 5.74) is 0.252. The molecule has 1 atom stereocenters. The molecule has 1 heterocycles. The molecule has 104 valence electrons. The van der Waals surface area contributed by atoms with E-state index in [9.17, 15) is 0 Å². The molecule has 0 aliphatic rings. The van der Waals surface area contributed by atoms with Crippen LogP contribution in [0.15, 0.2) is 0 Å². The largest absolute Gasteiger partial charge is 0.480 e. The Morgan fingerprint density at radius 3 is 2.44 bits per heavy atom. The minimum atomic E-state index is 0.252. The second-order valence-electron chi connectivity index (χ2n) is 5.79. The van der Waals surface area contributed by atoms with Crippen molar-refractivity contribution in [1.29, 1.82) is 0 Å². The lowest BCUT2D eigenvalue weighted by Gasteiger charge is -2.28. The second kappa shape index (κ2) is 5.89. The van der Waals surface area contributed by atoms with Crippen molar-refractivity contribution in [1.82, 2.24) is 10.3 Å². The summed E-state index contributed by atoms with van der Waals surface area (Å²) in [6.07, 6.45) is 0. The fraction of sp³-hybridized carbons (Fsp3) is 0.769. The highest BCUT2D eigenvalue weighted by Gasteiger charge is 2.21. The van der Waals surface area contributed by atoms with Crippen LogP contribution in [-0.2, 0) is 6.54 Å². The fourth-order valence-electron chi connectivity index (χ4n) is 1.34. The summed E-state index contributed by atoms with van der Waals surface area (Å²) in [6.45, 7) is 9.72. The number of hydrogen-bond donors (Lipinski definition) is 1. The molecule has 0 radical (unpaired) electrons. The Kier molecular flexibility index (Phi) is 4.99. The molecule has 1 rings (SSSR count). The third-order valence-electron chi connectivity index (χ3n) is 3.09. The van der Waals surface area contributed by atoms with Gasteiger partial charge in [-0.25, -0.2) is 0 Å². The third kappa shape index (κ3) is 3.85. The van der Waals surface area contributed by atoms with Gasteiger partial charge < -0.3 is 15.0 Å². The van der Waals surface area contributed by atoms with Crippen LogP contribution < -0.4 is 15.0 Å². The highest BCUT2D eigenvalue weighted by molar-refractivity contribution is 7.15. The van der Waals surface area contributed by atoms with Crippen molar-refractivity contribution in [3.05, 3.63) is 4.88 Å². The van der Waals surface area contributed by atoms with Gasteiger partial charge in [0.1, 0.15) is 0 Å². The van der Waals surface area contributed by atoms with Crippen molar-refractivity contribution in [2.75, 3.05) is 26.1 Å². The van der Waals surface area contributed by atoms with E-state index in [1.54, 1.807) is 18.4 Å². The second-order valence-corrected chi connectivity index (χ2v) is 6.85. The molecule has 1 N–H and O–H groups in total. The molecular formula is C13H25N3OS. The summed E-state index contributed by atoms with van der Waals surface area (Å²) in [4.78, 5) is 7.60. The number of thiazole rings is 1. The van der Waals surface area contributed by atoms with Crippen LogP contribution in [-0.4, -0.2) is 32.2 Å². The minimum Gasteiger partial charge on any atom is -0.480 e. The Balaban J connectivity index is 2.72. The van der Waals surface area contributed by atoms with Gasteiger partial charge in [0.25, 0.3) is 0 Å². The number of anilines is 1. The first-order chi connectivity index (χ1) is 8.25. The summed E-state index contributed by atoms with van der Waals surface area (Å²) >= 11 is 1.67. The summed E-state index contributed by atoms with van der Waals surface area (Å²) in [5, 5.41) is 4.52. The van der Waals surface area contributed by atoms with Crippen LogP contribution in [0.3, 0.4) is 0 Å². The molecule has 1 aromatic rings. The van der Waals surface area contributed by atoms with Crippen molar-refractivity contribution >= 4 is 16.5 Å². The summed E-state index contributed by atoms with van der Waals surface area (Å²) in [5.74, 6) is 0.734.